The van der Waals surface area contributed by atoms with Crippen LogP contribution < -0.4 is 5.30 Å². The second-order valence-electron chi connectivity index (χ2n) is 4.25. The maximum atomic E-state index is 12.6. The number of carbonyl (C=O) groups excluding carboxylic acids is 1. The monoisotopic (exact) mass is 222 g/mol. The van der Waals surface area contributed by atoms with Crippen molar-refractivity contribution in [3.63, 3.8) is 0 Å². The minimum atomic E-state index is -2.28. The van der Waals surface area contributed by atoms with E-state index in [9.17, 15) is 9.36 Å². The van der Waals surface area contributed by atoms with E-state index < -0.39 is 7.14 Å². The number of Topliss-reactive ketones (excluding diaryl/α,β-unsaturated/α-hetero) is 1. The predicted octanol–water partition coefficient (Wildman–Crippen LogP) is 2.28. The van der Waals surface area contributed by atoms with E-state index in [-0.39, 0.29) is 11.7 Å². The molecule has 1 aliphatic heterocycles. The summed E-state index contributed by atoms with van der Waals surface area (Å²) in [5.74, 6) is 0.224. The zero-order valence-corrected chi connectivity index (χ0v) is 9.74. The van der Waals surface area contributed by atoms with E-state index in [4.69, 9.17) is 0 Å². The van der Waals surface area contributed by atoms with Gasteiger partial charge in [0.1, 0.15) is 12.9 Å². The molecule has 0 N–H and O–H groups in total. The van der Waals surface area contributed by atoms with Gasteiger partial charge < -0.3 is 4.57 Å². The van der Waals surface area contributed by atoms with E-state index in [0.29, 0.717) is 18.7 Å². The summed E-state index contributed by atoms with van der Waals surface area (Å²) >= 11 is 0. The first-order chi connectivity index (χ1) is 7.12. The molecule has 0 saturated carbocycles. The fourth-order valence-electron chi connectivity index (χ4n) is 2.11. The van der Waals surface area contributed by atoms with E-state index in [1.165, 1.54) is 0 Å². The lowest BCUT2D eigenvalue weighted by Gasteiger charge is -2.26. The number of benzene rings is 1. The van der Waals surface area contributed by atoms with Crippen molar-refractivity contribution < 1.29 is 9.36 Å². The fourth-order valence-corrected chi connectivity index (χ4v) is 5.14. The van der Waals surface area contributed by atoms with Crippen LogP contribution in [0.15, 0.2) is 30.3 Å². The van der Waals surface area contributed by atoms with Gasteiger partial charge in [-0.3, -0.25) is 4.79 Å². The summed E-state index contributed by atoms with van der Waals surface area (Å²) < 4.78 is 12.6. The molecule has 2 nitrogen and oxygen atoms in total. The third-order valence-electron chi connectivity index (χ3n) is 3.06. The summed E-state index contributed by atoms with van der Waals surface area (Å²) in [6, 6.07) is 9.59. The Labute approximate surface area is 90.1 Å². The van der Waals surface area contributed by atoms with Crippen molar-refractivity contribution in [2.24, 2.45) is 5.92 Å². The molecule has 15 heavy (non-hydrogen) atoms. The van der Waals surface area contributed by atoms with Crippen molar-refractivity contribution in [1.82, 2.24) is 0 Å². The molecule has 1 aromatic carbocycles. The molecular formula is C12H15O2P. The standard InChI is InChI=1S/C12H15O2P/c1-10-9-15(14,8-7-12(10)13)11-5-3-2-4-6-11/h2-6,10H,7-9H2,1H3/t10-,15+/m1/s1. The lowest BCUT2D eigenvalue weighted by molar-refractivity contribution is -0.121. The van der Waals surface area contributed by atoms with Gasteiger partial charge >= 0.3 is 0 Å². The van der Waals surface area contributed by atoms with Gasteiger partial charge in [0.05, 0.1) is 0 Å². The van der Waals surface area contributed by atoms with Crippen molar-refractivity contribution in [3.05, 3.63) is 30.3 Å². The van der Waals surface area contributed by atoms with Crippen molar-refractivity contribution in [3.8, 4) is 0 Å². The number of hydrogen-bond acceptors (Lipinski definition) is 2. The number of carbonyl (C=O) groups is 1. The molecular weight excluding hydrogens is 207 g/mol. The van der Waals surface area contributed by atoms with Gasteiger partial charge in [-0.2, -0.15) is 0 Å². The molecule has 2 rings (SSSR count). The maximum Gasteiger partial charge on any atom is 0.136 e. The Morgan fingerprint density at radius 3 is 2.53 bits per heavy atom. The number of rotatable bonds is 1. The molecule has 0 unspecified atom stereocenters. The number of ketones is 1. The van der Waals surface area contributed by atoms with E-state index >= 15 is 0 Å². The molecule has 1 aromatic rings. The highest BCUT2D eigenvalue weighted by molar-refractivity contribution is 7.71. The Balaban J connectivity index is 2.29. The smallest absolute Gasteiger partial charge is 0.136 e. The third kappa shape index (κ3) is 2.05. The van der Waals surface area contributed by atoms with Crippen LogP contribution in [-0.4, -0.2) is 18.1 Å². The van der Waals surface area contributed by atoms with Crippen molar-refractivity contribution in [1.29, 1.82) is 0 Å². The van der Waals surface area contributed by atoms with Crippen LogP contribution in [0.2, 0.25) is 0 Å². The molecule has 1 fully saturated rings. The van der Waals surface area contributed by atoms with Crippen LogP contribution in [0.1, 0.15) is 13.3 Å². The molecule has 1 saturated heterocycles. The minimum absolute atomic E-state index is 0.0372. The van der Waals surface area contributed by atoms with E-state index in [1.54, 1.807) is 0 Å². The van der Waals surface area contributed by atoms with Crippen molar-refractivity contribution >= 4 is 18.2 Å². The quantitative estimate of drug-likeness (QED) is 0.683. The fraction of sp³-hybridized carbons (Fsp3) is 0.417. The highest BCUT2D eigenvalue weighted by atomic mass is 31.2. The maximum absolute atomic E-state index is 12.6. The van der Waals surface area contributed by atoms with E-state index in [0.717, 1.165) is 5.30 Å². The summed E-state index contributed by atoms with van der Waals surface area (Å²) in [5, 5.41) is 0.935. The largest absolute Gasteiger partial charge is 0.319 e. The first-order valence-electron chi connectivity index (χ1n) is 5.28. The van der Waals surface area contributed by atoms with Gasteiger partial charge in [0.25, 0.3) is 0 Å². The van der Waals surface area contributed by atoms with Crippen LogP contribution in [0.4, 0.5) is 0 Å². The van der Waals surface area contributed by atoms with Gasteiger partial charge in [-0.05, 0) is 0 Å². The zero-order valence-electron chi connectivity index (χ0n) is 8.85. The predicted molar refractivity (Wildman–Crippen MR) is 62.2 cm³/mol. The van der Waals surface area contributed by atoms with Crippen molar-refractivity contribution in [2.45, 2.75) is 13.3 Å². The van der Waals surface area contributed by atoms with Gasteiger partial charge in [0.2, 0.25) is 0 Å². The topological polar surface area (TPSA) is 34.1 Å². The summed E-state index contributed by atoms with van der Waals surface area (Å²) in [6.45, 7) is 1.89. The van der Waals surface area contributed by atoms with Gasteiger partial charge in [0.15, 0.2) is 0 Å². The Hall–Kier alpha value is -0.880. The van der Waals surface area contributed by atoms with Gasteiger partial charge in [0, 0.05) is 30.0 Å². The first-order valence-corrected chi connectivity index (χ1v) is 7.36. The molecule has 0 amide bonds. The average Bonchev–Trinajstić information content (AvgIpc) is 2.26. The lowest BCUT2D eigenvalue weighted by Crippen LogP contribution is -2.27. The number of hydrogen-bond donors (Lipinski definition) is 0. The molecule has 0 aliphatic carbocycles. The van der Waals surface area contributed by atoms with E-state index in [2.05, 4.69) is 0 Å². The van der Waals surface area contributed by atoms with Crippen LogP contribution in [0, 0.1) is 5.92 Å². The van der Waals surface area contributed by atoms with Gasteiger partial charge in [-0.1, -0.05) is 37.3 Å². The SMILES string of the molecule is C[C@@H]1C[P@](=O)(c2ccccc2)CCC1=O. The van der Waals surface area contributed by atoms with Crippen LogP contribution in [0.25, 0.3) is 0 Å². The zero-order chi connectivity index (χ0) is 10.9. The molecule has 3 heteroatoms. The minimum Gasteiger partial charge on any atom is -0.319 e. The molecule has 1 aliphatic rings. The molecule has 2 atom stereocenters. The summed E-state index contributed by atoms with van der Waals surface area (Å²) in [6.07, 6.45) is 1.59. The normalized spacial score (nSPS) is 31.5. The second kappa shape index (κ2) is 3.94. The van der Waals surface area contributed by atoms with Crippen molar-refractivity contribution in [2.75, 3.05) is 12.3 Å². The lowest BCUT2D eigenvalue weighted by atomic mass is 10.1. The molecule has 1 heterocycles. The molecule has 0 radical (unpaired) electrons. The van der Waals surface area contributed by atoms with Gasteiger partial charge in [-0.15, -0.1) is 0 Å². The Kier molecular flexibility index (Phi) is 2.79. The Bertz CT molecular complexity index is 411. The molecule has 0 bridgehead atoms. The highest BCUT2D eigenvalue weighted by Crippen LogP contribution is 2.49. The average molecular weight is 222 g/mol. The molecule has 0 spiro atoms. The van der Waals surface area contributed by atoms with Crippen LogP contribution >= 0.6 is 7.14 Å². The second-order valence-corrected chi connectivity index (χ2v) is 7.36. The summed E-state index contributed by atoms with van der Waals surface area (Å²) in [5.41, 5.74) is 0. The summed E-state index contributed by atoms with van der Waals surface area (Å²) in [7, 11) is -2.28. The third-order valence-corrected chi connectivity index (χ3v) is 6.39. The van der Waals surface area contributed by atoms with Crippen LogP contribution in [0.3, 0.4) is 0 Å². The highest BCUT2D eigenvalue weighted by Gasteiger charge is 2.34. The molecule has 80 valence electrons. The van der Waals surface area contributed by atoms with E-state index in [1.807, 2.05) is 37.3 Å². The first kappa shape index (κ1) is 10.6. The Morgan fingerprint density at radius 2 is 1.93 bits per heavy atom. The molecule has 0 aromatic heterocycles. The summed E-state index contributed by atoms with van der Waals surface area (Å²) in [4.78, 5) is 11.4. The van der Waals surface area contributed by atoms with Crippen LogP contribution in [-0.2, 0) is 9.36 Å². The van der Waals surface area contributed by atoms with Crippen LogP contribution in [0.5, 0.6) is 0 Å². The Morgan fingerprint density at radius 1 is 1.27 bits per heavy atom. The van der Waals surface area contributed by atoms with Gasteiger partial charge in [-0.25, -0.2) is 0 Å².